The molecule has 0 bridgehead atoms. The van der Waals surface area contributed by atoms with Gasteiger partial charge in [0, 0.05) is 25.2 Å². The highest BCUT2D eigenvalue weighted by molar-refractivity contribution is 5.79. The molecular formula is C16H24N2O3. The number of amides is 1. The van der Waals surface area contributed by atoms with Crippen LogP contribution in [0.5, 0.6) is 11.5 Å². The SMILES string of the molecule is COc1ccc(CC(=O)N2CCNC(C)(C)C2)cc1OC. The Hall–Kier alpha value is -1.75. The molecule has 1 fully saturated rings. The maximum absolute atomic E-state index is 12.4. The van der Waals surface area contributed by atoms with E-state index in [4.69, 9.17) is 9.47 Å². The first-order chi connectivity index (χ1) is 9.95. The van der Waals surface area contributed by atoms with E-state index in [0.29, 0.717) is 17.9 Å². The second kappa shape index (κ2) is 6.35. The molecule has 1 aliphatic heterocycles. The molecule has 0 spiro atoms. The molecule has 0 saturated carbocycles. The second-order valence-electron chi connectivity index (χ2n) is 5.99. The van der Waals surface area contributed by atoms with Crippen LogP contribution < -0.4 is 14.8 Å². The number of carbonyl (C=O) groups is 1. The van der Waals surface area contributed by atoms with Crippen LogP contribution in [0.4, 0.5) is 0 Å². The topological polar surface area (TPSA) is 50.8 Å². The molecule has 2 rings (SSSR count). The lowest BCUT2D eigenvalue weighted by Gasteiger charge is -2.39. The van der Waals surface area contributed by atoms with Gasteiger partial charge in [-0.05, 0) is 31.5 Å². The third kappa shape index (κ3) is 3.88. The fourth-order valence-electron chi connectivity index (χ4n) is 2.63. The van der Waals surface area contributed by atoms with Crippen LogP contribution >= 0.6 is 0 Å². The second-order valence-corrected chi connectivity index (χ2v) is 5.99. The van der Waals surface area contributed by atoms with Crippen molar-refractivity contribution in [1.82, 2.24) is 10.2 Å². The zero-order chi connectivity index (χ0) is 15.5. The highest BCUT2D eigenvalue weighted by Gasteiger charge is 2.28. The van der Waals surface area contributed by atoms with Gasteiger partial charge in [0.25, 0.3) is 0 Å². The largest absolute Gasteiger partial charge is 0.493 e. The minimum Gasteiger partial charge on any atom is -0.493 e. The van der Waals surface area contributed by atoms with Crippen LogP contribution in [0.2, 0.25) is 0 Å². The Bertz CT molecular complexity index is 514. The lowest BCUT2D eigenvalue weighted by Crippen LogP contribution is -2.58. The van der Waals surface area contributed by atoms with Gasteiger partial charge in [-0.15, -0.1) is 0 Å². The average molecular weight is 292 g/mol. The number of nitrogens with zero attached hydrogens (tertiary/aromatic N) is 1. The number of methoxy groups -OCH3 is 2. The van der Waals surface area contributed by atoms with Gasteiger partial charge in [-0.1, -0.05) is 6.07 Å². The summed E-state index contributed by atoms with van der Waals surface area (Å²) in [5.74, 6) is 1.48. The number of hydrogen-bond acceptors (Lipinski definition) is 4. The minimum absolute atomic E-state index is 0.0223. The molecule has 116 valence electrons. The molecule has 5 heteroatoms. The molecule has 1 aliphatic rings. The van der Waals surface area contributed by atoms with E-state index in [1.807, 2.05) is 23.1 Å². The maximum atomic E-state index is 12.4. The average Bonchev–Trinajstić information content (AvgIpc) is 2.46. The molecular weight excluding hydrogens is 268 g/mol. The normalized spacial score (nSPS) is 17.4. The van der Waals surface area contributed by atoms with Gasteiger partial charge < -0.3 is 19.7 Å². The van der Waals surface area contributed by atoms with Gasteiger partial charge in [-0.2, -0.15) is 0 Å². The minimum atomic E-state index is -0.0223. The van der Waals surface area contributed by atoms with E-state index in [2.05, 4.69) is 19.2 Å². The van der Waals surface area contributed by atoms with Crippen molar-refractivity contribution in [2.45, 2.75) is 25.8 Å². The first kappa shape index (κ1) is 15.6. The fourth-order valence-corrected chi connectivity index (χ4v) is 2.63. The summed E-state index contributed by atoms with van der Waals surface area (Å²) < 4.78 is 10.5. The number of rotatable bonds is 4. The van der Waals surface area contributed by atoms with Gasteiger partial charge >= 0.3 is 0 Å². The zero-order valence-corrected chi connectivity index (χ0v) is 13.2. The van der Waals surface area contributed by atoms with Gasteiger partial charge in [0.15, 0.2) is 11.5 Å². The van der Waals surface area contributed by atoms with Crippen LogP contribution in [0, 0.1) is 0 Å². The van der Waals surface area contributed by atoms with Crippen molar-refractivity contribution in [3.8, 4) is 11.5 Å². The number of benzene rings is 1. The summed E-state index contributed by atoms with van der Waals surface area (Å²) in [5.41, 5.74) is 0.917. The molecule has 1 N–H and O–H groups in total. The Balaban J connectivity index is 2.05. The first-order valence-corrected chi connectivity index (χ1v) is 7.19. The number of ether oxygens (including phenoxy) is 2. The Morgan fingerprint density at radius 3 is 2.62 bits per heavy atom. The quantitative estimate of drug-likeness (QED) is 0.913. The molecule has 1 amide bonds. The van der Waals surface area contributed by atoms with E-state index in [1.165, 1.54) is 0 Å². The zero-order valence-electron chi connectivity index (χ0n) is 13.2. The predicted octanol–water partition coefficient (Wildman–Crippen LogP) is 1.46. The summed E-state index contributed by atoms with van der Waals surface area (Å²) in [6, 6.07) is 5.61. The molecule has 0 atom stereocenters. The van der Waals surface area contributed by atoms with E-state index >= 15 is 0 Å². The molecule has 1 aromatic rings. The molecule has 0 unspecified atom stereocenters. The van der Waals surface area contributed by atoms with Crippen molar-refractivity contribution in [1.29, 1.82) is 0 Å². The number of hydrogen-bond donors (Lipinski definition) is 1. The summed E-state index contributed by atoms with van der Waals surface area (Å²) in [4.78, 5) is 14.4. The summed E-state index contributed by atoms with van der Waals surface area (Å²) in [7, 11) is 3.20. The number of carbonyl (C=O) groups excluding carboxylic acids is 1. The number of piperazine rings is 1. The summed E-state index contributed by atoms with van der Waals surface area (Å²) >= 11 is 0. The van der Waals surface area contributed by atoms with Crippen LogP contribution in [-0.2, 0) is 11.2 Å². The molecule has 0 aliphatic carbocycles. The van der Waals surface area contributed by atoms with Gasteiger partial charge in [0.05, 0.1) is 20.6 Å². The van der Waals surface area contributed by atoms with Crippen LogP contribution in [0.3, 0.4) is 0 Å². The Labute approximate surface area is 126 Å². The van der Waals surface area contributed by atoms with Gasteiger partial charge in [-0.25, -0.2) is 0 Å². The van der Waals surface area contributed by atoms with Gasteiger partial charge in [0.1, 0.15) is 0 Å². The molecule has 21 heavy (non-hydrogen) atoms. The summed E-state index contributed by atoms with van der Waals surface area (Å²) in [5, 5.41) is 3.41. The lowest BCUT2D eigenvalue weighted by molar-refractivity contribution is -0.132. The molecule has 5 nitrogen and oxygen atoms in total. The van der Waals surface area contributed by atoms with E-state index in [0.717, 1.165) is 25.2 Å². The lowest BCUT2D eigenvalue weighted by atomic mass is 10.0. The maximum Gasteiger partial charge on any atom is 0.227 e. The van der Waals surface area contributed by atoms with Crippen molar-refractivity contribution in [2.75, 3.05) is 33.9 Å². The third-order valence-electron chi connectivity index (χ3n) is 3.73. The molecule has 1 aromatic carbocycles. The first-order valence-electron chi connectivity index (χ1n) is 7.19. The molecule has 0 radical (unpaired) electrons. The van der Waals surface area contributed by atoms with Crippen LogP contribution in [0.15, 0.2) is 18.2 Å². The highest BCUT2D eigenvalue weighted by atomic mass is 16.5. The van der Waals surface area contributed by atoms with Crippen molar-refractivity contribution in [2.24, 2.45) is 0 Å². The van der Waals surface area contributed by atoms with E-state index in [-0.39, 0.29) is 11.4 Å². The van der Waals surface area contributed by atoms with Crippen LogP contribution in [-0.4, -0.2) is 50.2 Å². The van der Waals surface area contributed by atoms with Gasteiger partial charge in [-0.3, -0.25) is 4.79 Å². The van der Waals surface area contributed by atoms with E-state index in [1.54, 1.807) is 14.2 Å². The smallest absolute Gasteiger partial charge is 0.227 e. The standard InChI is InChI=1S/C16H24N2O3/c1-16(2)11-18(8-7-17-16)15(19)10-12-5-6-13(20-3)14(9-12)21-4/h5-6,9,17H,7-8,10-11H2,1-4H3. The van der Waals surface area contributed by atoms with Crippen molar-refractivity contribution in [3.63, 3.8) is 0 Å². The monoisotopic (exact) mass is 292 g/mol. The van der Waals surface area contributed by atoms with Crippen molar-refractivity contribution < 1.29 is 14.3 Å². The summed E-state index contributed by atoms with van der Waals surface area (Å²) in [6.07, 6.45) is 0.385. The highest BCUT2D eigenvalue weighted by Crippen LogP contribution is 2.28. The molecule has 1 saturated heterocycles. The van der Waals surface area contributed by atoms with E-state index < -0.39 is 0 Å². The molecule has 0 aromatic heterocycles. The fraction of sp³-hybridized carbons (Fsp3) is 0.562. The summed E-state index contributed by atoms with van der Waals surface area (Å²) in [6.45, 7) is 6.56. The van der Waals surface area contributed by atoms with Gasteiger partial charge in [0.2, 0.25) is 5.91 Å². The van der Waals surface area contributed by atoms with Crippen LogP contribution in [0.25, 0.3) is 0 Å². The Morgan fingerprint density at radius 1 is 1.29 bits per heavy atom. The van der Waals surface area contributed by atoms with E-state index in [9.17, 15) is 4.79 Å². The third-order valence-corrected chi connectivity index (χ3v) is 3.73. The Kier molecular flexibility index (Phi) is 4.73. The predicted molar refractivity (Wildman–Crippen MR) is 81.9 cm³/mol. The number of nitrogens with one attached hydrogen (secondary N) is 1. The van der Waals surface area contributed by atoms with Crippen molar-refractivity contribution in [3.05, 3.63) is 23.8 Å². The molecule has 1 heterocycles. The van der Waals surface area contributed by atoms with Crippen molar-refractivity contribution >= 4 is 5.91 Å². The van der Waals surface area contributed by atoms with Crippen LogP contribution in [0.1, 0.15) is 19.4 Å². The Morgan fingerprint density at radius 2 is 2.00 bits per heavy atom.